The molecule has 0 spiro atoms. The maximum Gasteiger partial charge on any atom is 0.223 e. The second kappa shape index (κ2) is 4.14. The van der Waals surface area contributed by atoms with E-state index in [0.717, 1.165) is 35.0 Å². The molecule has 0 amide bonds. The van der Waals surface area contributed by atoms with E-state index in [-0.39, 0.29) is 0 Å². The van der Waals surface area contributed by atoms with Crippen molar-refractivity contribution in [1.82, 2.24) is 9.97 Å². The van der Waals surface area contributed by atoms with Gasteiger partial charge in [-0.1, -0.05) is 0 Å². The average Bonchev–Trinajstić information content (AvgIpc) is 3.01. The van der Waals surface area contributed by atoms with Crippen molar-refractivity contribution in [1.29, 1.82) is 0 Å². The molecule has 0 atom stereocenters. The molecule has 2 heterocycles. The smallest absolute Gasteiger partial charge is 0.223 e. The van der Waals surface area contributed by atoms with Crippen molar-refractivity contribution >= 4 is 33.3 Å². The fraction of sp³-hybridized carbons (Fsp3) is 0.500. The Balaban J connectivity index is 2.03. The molecule has 0 unspecified atom stereocenters. The zero-order valence-corrected chi connectivity index (χ0v) is 10.7. The number of nitrogens with zero attached hydrogens (tertiary/aromatic N) is 3. The summed E-state index contributed by atoms with van der Waals surface area (Å²) in [6, 6.07) is 2.09. The molecule has 1 aliphatic carbocycles. The molecule has 0 bridgehead atoms. The van der Waals surface area contributed by atoms with E-state index in [0.29, 0.717) is 5.95 Å². The van der Waals surface area contributed by atoms with Crippen LogP contribution in [0.5, 0.6) is 0 Å². The summed E-state index contributed by atoms with van der Waals surface area (Å²) in [4.78, 5) is 12.0. The topological polar surface area (TPSA) is 55.0 Å². The van der Waals surface area contributed by atoms with E-state index in [1.165, 1.54) is 12.8 Å². The number of anilines is 2. The molecule has 17 heavy (non-hydrogen) atoms. The third-order valence-corrected chi connectivity index (χ3v) is 3.99. The molecule has 1 saturated carbocycles. The van der Waals surface area contributed by atoms with Crippen LogP contribution >= 0.6 is 11.3 Å². The fourth-order valence-electron chi connectivity index (χ4n) is 2.07. The minimum absolute atomic E-state index is 0.379. The molecule has 3 rings (SSSR count). The molecule has 2 aromatic heterocycles. The Kier molecular flexibility index (Phi) is 2.63. The molecular formula is C12H16N4S. The van der Waals surface area contributed by atoms with E-state index >= 15 is 0 Å². The summed E-state index contributed by atoms with van der Waals surface area (Å²) in [7, 11) is 0. The molecule has 5 heteroatoms. The van der Waals surface area contributed by atoms with Gasteiger partial charge < -0.3 is 10.6 Å². The van der Waals surface area contributed by atoms with Crippen LogP contribution in [0.3, 0.4) is 0 Å². The largest absolute Gasteiger partial charge is 0.368 e. The molecule has 0 aliphatic heterocycles. The molecule has 0 radical (unpaired) electrons. The predicted molar refractivity (Wildman–Crippen MR) is 72.4 cm³/mol. The number of nitrogen functional groups attached to an aromatic ring is 1. The first-order chi connectivity index (χ1) is 8.28. The number of aromatic nitrogens is 2. The van der Waals surface area contributed by atoms with Crippen LogP contribution in [0.25, 0.3) is 10.2 Å². The van der Waals surface area contributed by atoms with E-state index in [9.17, 15) is 0 Å². The third kappa shape index (κ3) is 2.07. The van der Waals surface area contributed by atoms with E-state index in [1.54, 1.807) is 11.3 Å². The van der Waals surface area contributed by atoms with Gasteiger partial charge in [-0.05, 0) is 37.1 Å². The summed E-state index contributed by atoms with van der Waals surface area (Å²) in [5, 5.41) is 3.18. The minimum atomic E-state index is 0.379. The van der Waals surface area contributed by atoms with Crippen molar-refractivity contribution < 1.29 is 0 Å². The summed E-state index contributed by atoms with van der Waals surface area (Å²) >= 11 is 1.62. The van der Waals surface area contributed by atoms with Crippen LogP contribution in [0.1, 0.15) is 19.8 Å². The summed E-state index contributed by atoms with van der Waals surface area (Å²) < 4.78 is 0. The molecule has 1 aliphatic rings. The molecule has 2 N–H and O–H groups in total. The van der Waals surface area contributed by atoms with Crippen LogP contribution in [0.2, 0.25) is 0 Å². The molecule has 0 aromatic carbocycles. The number of fused-ring (bicyclic) bond motifs is 1. The monoisotopic (exact) mass is 248 g/mol. The summed E-state index contributed by atoms with van der Waals surface area (Å²) in [6.45, 7) is 4.23. The normalized spacial score (nSPS) is 15.4. The molecule has 90 valence electrons. The Morgan fingerprint density at radius 2 is 2.29 bits per heavy atom. The Labute approximate surface area is 104 Å². The highest BCUT2D eigenvalue weighted by Crippen LogP contribution is 2.34. The highest BCUT2D eigenvalue weighted by atomic mass is 32.1. The van der Waals surface area contributed by atoms with Crippen LogP contribution in [0.4, 0.5) is 11.8 Å². The first kappa shape index (κ1) is 10.8. The maximum atomic E-state index is 5.78. The van der Waals surface area contributed by atoms with Crippen LogP contribution in [-0.4, -0.2) is 23.1 Å². The molecule has 4 nitrogen and oxygen atoms in total. The van der Waals surface area contributed by atoms with Crippen molar-refractivity contribution in [3.63, 3.8) is 0 Å². The van der Waals surface area contributed by atoms with Crippen molar-refractivity contribution in [2.75, 3.05) is 23.7 Å². The van der Waals surface area contributed by atoms with E-state index in [2.05, 4.69) is 27.9 Å². The summed E-state index contributed by atoms with van der Waals surface area (Å²) in [5.41, 5.74) is 5.78. The van der Waals surface area contributed by atoms with Crippen LogP contribution < -0.4 is 10.6 Å². The molecule has 2 aromatic rings. The molecule has 0 saturated heterocycles. The Morgan fingerprint density at radius 1 is 1.47 bits per heavy atom. The van der Waals surface area contributed by atoms with E-state index < -0.39 is 0 Å². The lowest BCUT2D eigenvalue weighted by Gasteiger charge is -2.22. The maximum absolute atomic E-state index is 5.78. The zero-order valence-electron chi connectivity index (χ0n) is 9.89. The number of thiophene rings is 1. The van der Waals surface area contributed by atoms with Gasteiger partial charge >= 0.3 is 0 Å². The Hall–Kier alpha value is -1.36. The second-order valence-corrected chi connectivity index (χ2v) is 5.42. The standard InChI is InChI=1S/C12H16N4S/c1-2-16(7-8-3-4-8)10-9-5-6-17-11(9)15-12(13)14-10/h5-6,8H,2-4,7H2,1H3,(H2,13,14,15). The number of hydrogen-bond acceptors (Lipinski definition) is 5. The van der Waals surface area contributed by atoms with Gasteiger partial charge in [0.05, 0.1) is 5.39 Å². The number of hydrogen-bond donors (Lipinski definition) is 1. The summed E-state index contributed by atoms with van der Waals surface area (Å²) in [5.74, 6) is 2.23. The van der Waals surface area contributed by atoms with Crippen LogP contribution in [-0.2, 0) is 0 Å². The van der Waals surface area contributed by atoms with Crippen LogP contribution in [0.15, 0.2) is 11.4 Å². The Morgan fingerprint density at radius 3 is 3.00 bits per heavy atom. The summed E-state index contributed by atoms with van der Waals surface area (Å²) in [6.07, 6.45) is 2.70. The van der Waals surface area contributed by atoms with Gasteiger partial charge in [-0.15, -0.1) is 11.3 Å². The lowest BCUT2D eigenvalue weighted by Crippen LogP contribution is -2.26. The van der Waals surface area contributed by atoms with Gasteiger partial charge in [-0.3, -0.25) is 0 Å². The number of nitrogens with two attached hydrogens (primary N) is 1. The highest BCUT2D eigenvalue weighted by Gasteiger charge is 2.25. The van der Waals surface area contributed by atoms with Crippen LogP contribution in [0, 0.1) is 5.92 Å². The van der Waals surface area contributed by atoms with Crippen molar-refractivity contribution in [2.45, 2.75) is 19.8 Å². The first-order valence-electron chi connectivity index (χ1n) is 6.03. The van der Waals surface area contributed by atoms with Crippen molar-refractivity contribution in [2.24, 2.45) is 5.92 Å². The van der Waals surface area contributed by atoms with E-state index in [4.69, 9.17) is 5.73 Å². The first-order valence-corrected chi connectivity index (χ1v) is 6.91. The lowest BCUT2D eigenvalue weighted by molar-refractivity contribution is 0.735. The third-order valence-electron chi connectivity index (χ3n) is 3.18. The molecular weight excluding hydrogens is 232 g/mol. The average molecular weight is 248 g/mol. The lowest BCUT2D eigenvalue weighted by atomic mass is 10.3. The van der Waals surface area contributed by atoms with Gasteiger partial charge in [0.25, 0.3) is 0 Å². The SMILES string of the molecule is CCN(CC1CC1)c1nc(N)nc2sccc12. The number of rotatable bonds is 4. The van der Waals surface area contributed by atoms with Gasteiger partial charge in [-0.2, -0.15) is 4.98 Å². The zero-order chi connectivity index (χ0) is 11.8. The second-order valence-electron chi connectivity index (χ2n) is 4.53. The van der Waals surface area contributed by atoms with Crippen molar-refractivity contribution in [3.05, 3.63) is 11.4 Å². The minimum Gasteiger partial charge on any atom is -0.368 e. The van der Waals surface area contributed by atoms with Gasteiger partial charge in [0.2, 0.25) is 5.95 Å². The highest BCUT2D eigenvalue weighted by molar-refractivity contribution is 7.16. The van der Waals surface area contributed by atoms with Gasteiger partial charge in [0, 0.05) is 13.1 Å². The fourth-order valence-corrected chi connectivity index (χ4v) is 2.84. The van der Waals surface area contributed by atoms with Crippen molar-refractivity contribution in [3.8, 4) is 0 Å². The molecule has 1 fully saturated rings. The van der Waals surface area contributed by atoms with Gasteiger partial charge in [0.15, 0.2) is 0 Å². The quantitative estimate of drug-likeness (QED) is 0.903. The van der Waals surface area contributed by atoms with Gasteiger partial charge in [0.1, 0.15) is 10.6 Å². The van der Waals surface area contributed by atoms with E-state index in [1.807, 2.05) is 5.38 Å². The van der Waals surface area contributed by atoms with Gasteiger partial charge in [-0.25, -0.2) is 4.98 Å². The Bertz CT molecular complexity index is 532. The predicted octanol–water partition coefficient (Wildman–Crippen LogP) is 2.51.